The molecule has 0 spiro atoms. The van der Waals surface area contributed by atoms with E-state index in [0.717, 1.165) is 0 Å². The van der Waals surface area contributed by atoms with Gasteiger partial charge in [-0.3, -0.25) is 14.5 Å². The molecule has 0 unspecified atom stereocenters. The first-order valence-electron chi connectivity index (χ1n) is 13.2. The molecule has 2 bridgehead atoms. The zero-order valence-corrected chi connectivity index (χ0v) is 24.2. The van der Waals surface area contributed by atoms with Gasteiger partial charge in [0.1, 0.15) is 24.1 Å². The number of allylic oxidation sites excluding steroid dienone is 1. The van der Waals surface area contributed by atoms with Crippen LogP contribution in [0.2, 0.25) is 0 Å². The molecule has 4 N–H and O–H groups in total. The van der Waals surface area contributed by atoms with Gasteiger partial charge in [0.05, 0.1) is 25.8 Å². The van der Waals surface area contributed by atoms with E-state index in [0.29, 0.717) is 5.57 Å². The Kier molecular flexibility index (Phi) is 6.85. The number of Topliss-reactive ketones (excluding diaryl/α,β-unsaturated/α-hetero) is 1. The number of esters is 1. The van der Waals surface area contributed by atoms with Gasteiger partial charge < -0.3 is 39.5 Å². The van der Waals surface area contributed by atoms with E-state index in [-0.39, 0.29) is 62.1 Å². The van der Waals surface area contributed by atoms with Crippen LogP contribution in [0.1, 0.15) is 64.1 Å². The number of benzene rings is 2. The van der Waals surface area contributed by atoms with E-state index in [4.69, 9.17) is 14.2 Å². The predicted molar refractivity (Wildman–Crippen MR) is 149 cm³/mol. The number of likely N-dealkylation sites (N-methyl/N-ethyl adjacent to an activating group) is 1. The Labute approximate surface area is 241 Å². The van der Waals surface area contributed by atoms with Gasteiger partial charge in [0.25, 0.3) is 5.91 Å². The van der Waals surface area contributed by atoms with Gasteiger partial charge in [0.2, 0.25) is 0 Å². The lowest BCUT2D eigenvalue weighted by molar-refractivity contribution is -0.148. The molecule has 0 saturated carbocycles. The third-order valence-electron chi connectivity index (χ3n) is 8.47. The average Bonchev–Trinajstić information content (AvgIpc) is 2.96. The first kappa shape index (κ1) is 28.8. The fourth-order valence-electron chi connectivity index (χ4n) is 6.22. The summed E-state index contributed by atoms with van der Waals surface area (Å²) < 4.78 is 16.3. The standard InChI is InChI=1S/C30H32N2O10/c1-8-11(2)30(39)42-10-16-17-14(22(33)12(3)27(40-6)25(17)36)9-15-20-18-19(23(34)13(4)28(41-7)26(18)37)24(35)21(31(20)5)29(38)32(15)16/h8-9,16,20-21,33-34,36-37H,10H2,1-7H3/b11-8-/t16-,20-,21+/m0/s1. The molecule has 0 aromatic heterocycles. The lowest BCUT2D eigenvalue weighted by Gasteiger charge is -2.52. The molecule has 0 aliphatic carbocycles. The Hall–Kier alpha value is -4.71. The number of carbonyl (C=O) groups excluding carboxylic acids is 3. The lowest BCUT2D eigenvalue weighted by atomic mass is 9.77. The predicted octanol–water partition coefficient (Wildman–Crippen LogP) is 3.13. The number of fused-ring (bicyclic) bond motifs is 7. The monoisotopic (exact) mass is 580 g/mol. The fourth-order valence-corrected chi connectivity index (χ4v) is 6.22. The van der Waals surface area contributed by atoms with Crippen molar-refractivity contribution in [2.75, 3.05) is 27.9 Å². The van der Waals surface area contributed by atoms with Crippen LogP contribution in [0, 0.1) is 13.8 Å². The molecule has 42 heavy (non-hydrogen) atoms. The Morgan fingerprint density at radius 1 is 0.929 bits per heavy atom. The van der Waals surface area contributed by atoms with Crippen molar-refractivity contribution in [2.24, 2.45) is 0 Å². The fraction of sp³-hybridized carbons (Fsp3) is 0.367. The molecule has 3 atom stereocenters. The summed E-state index contributed by atoms with van der Waals surface area (Å²) in [6.07, 6.45) is 3.04. The third-order valence-corrected chi connectivity index (χ3v) is 8.47. The minimum atomic E-state index is -1.42. The molecular formula is C30H32N2O10. The quantitative estimate of drug-likeness (QED) is 0.178. The van der Waals surface area contributed by atoms with E-state index in [2.05, 4.69) is 0 Å². The number of ketones is 1. The molecule has 5 rings (SSSR count). The van der Waals surface area contributed by atoms with Crippen LogP contribution in [0.3, 0.4) is 0 Å². The van der Waals surface area contributed by atoms with Gasteiger partial charge in [-0.2, -0.15) is 0 Å². The molecule has 222 valence electrons. The molecular weight excluding hydrogens is 548 g/mol. The van der Waals surface area contributed by atoms with Crippen LogP contribution in [-0.2, 0) is 14.3 Å². The lowest BCUT2D eigenvalue weighted by Crippen LogP contribution is -2.62. The number of rotatable bonds is 5. The van der Waals surface area contributed by atoms with Crippen LogP contribution in [0.5, 0.6) is 34.5 Å². The topological polar surface area (TPSA) is 166 Å². The van der Waals surface area contributed by atoms with Gasteiger partial charge >= 0.3 is 5.97 Å². The number of carbonyl (C=O) groups is 3. The highest BCUT2D eigenvalue weighted by molar-refractivity contribution is 6.18. The Morgan fingerprint density at radius 2 is 1.50 bits per heavy atom. The second-order valence-corrected chi connectivity index (χ2v) is 10.5. The largest absolute Gasteiger partial charge is 0.507 e. The van der Waals surface area contributed by atoms with Crippen LogP contribution >= 0.6 is 0 Å². The third kappa shape index (κ3) is 3.67. The Balaban J connectivity index is 1.84. The number of nitrogens with zero attached hydrogens (tertiary/aromatic N) is 2. The van der Waals surface area contributed by atoms with E-state index in [9.17, 15) is 34.8 Å². The highest BCUT2D eigenvalue weighted by Gasteiger charge is 2.57. The number of aromatic hydroxyl groups is 4. The first-order valence-corrected chi connectivity index (χ1v) is 13.2. The molecule has 3 heterocycles. The van der Waals surface area contributed by atoms with Gasteiger partial charge in [-0.15, -0.1) is 0 Å². The summed E-state index contributed by atoms with van der Waals surface area (Å²) in [4.78, 5) is 43.4. The van der Waals surface area contributed by atoms with Gasteiger partial charge in [0.15, 0.2) is 34.8 Å². The van der Waals surface area contributed by atoms with Crippen LogP contribution < -0.4 is 9.47 Å². The van der Waals surface area contributed by atoms with E-state index >= 15 is 0 Å². The van der Waals surface area contributed by atoms with Crippen molar-refractivity contribution in [3.05, 3.63) is 50.7 Å². The molecule has 3 aliphatic rings. The molecule has 12 nitrogen and oxygen atoms in total. The highest BCUT2D eigenvalue weighted by atomic mass is 16.5. The number of phenols is 4. The maximum atomic E-state index is 14.2. The van der Waals surface area contributed by atoms with Crippen LogP contribution in [0.15, 0.2) is 17.3 Å². The van der Waals surface area contributed by atoms with E-state index < -0.39 is 53.9 Å². The second kappa shape index (κ2) is 9.98. The van der Waals surface area contributed by atoms with E-state index in [1.807, 2.05) is 0 Å². The normalized spacial score (nSPS) is 21.3. The van der Waals surface area contributed by atoms with Crippen molar-refractivity contribution in [2.45, 2.75) is 45.8 Å². The highest BCUT2D eigenvalue weighted by Crippen LogP contribution is 2.58. The minimum absolute atomic E-state index is 0.0142. The Morgan fingerprint density at radius 3 is 2.07 bits per heavy atom. The number of hydrogen-bond donors (Lipinski definition) is 4. The molecule has 1 saturated heterocycles. The van der Waals surface area contributed by atoms with Crippen molar-refractivity contribution >= 4 is 23.7 Å². The van der Waals surface area contributed by atoms with Crippen LogP contribution in [0.25, 0.3) is 6.08 Å². The summed E-state index contributed by atoms with van der Waals surface area (Å²) in [5.41, 5.74) is 0.885. The van der Waals surface area contributed by atoms with Crippen molar-refractivity contribution in [3.8, 4) is 34.5 Å². The Bertz CT molecular complexity index is 1640. The molecule has 2 aromatic rings. The number of piperazine rings is 1. The van der Waals surface area contributed by atoms with Crippen molar-refractivity contribution < 1.29 is 49.0 Å². The second-order valence-electron chi connectivity index (χ2n) is 10.5. The zero-order chi connectivity index (χ0) is 30.9. The summed E-state index contributed by atoms with van der Waals surface area (Å²) in [6.45, 7) is 5.80. The SMILES string of the molecule is C/C=C(/C)C(=O)OC[C@H]1c2c(O)c(OC)c(C)c(O)c2C=C2[C@H]3c4c(O)c(OC)c(C)c(O)c4C(=O)[C@H](C(=O)N21)N3C. The maximum absolute atomic E-state index is 14.2. The number of methoxy groups -OCH3 is 2. The van der Waals surface area contributed by atoms with Gasteiger partial charge in [0, 0.05) is 39.1 Å². The molecule has 1 fully saturated rings. The number of hydrogen-bond acceptors (Lipinski definition) is 11. The molecule has 0 radical (unpaired) electrons. The molecule has 3 aliphatic heterocycles. The van der Waals surface area contributed by atoms with Crippen LogP contribution in [0.4, 0.5) is 0 Å². The van der Waals surface area contributed by atoms with Crippen molar-refractivity contribution in [1.82, 2.24) is 9.80 Å². The molecule has 12 heteroatoms. The van der Waals surface area contributed by atoms with Gasteiger partial charge in [-0.1, -0.05) is 6.08 Å². The minimum Gasteiger partial charge on any atom is -0.507 e. The number of amides is 1. The number of ether oxygens (including phenoxy) is 3. The molecule has 2 aromatic carbocycles. The molecule has 1 amide bonds. The summed E-state index contributed by atoms with van der Waals surface area (Å²) >= 11 is 0. The first-order chi connectivity index (χ1) is 19.8. The average molecular weight is 581 g/mol. The van der Waals surface area contributed by atoms with Crippen molar-refractivity contribution in [3.63, 3.8) is 0 Å². The van der Waals surface area contributed by atoms with Gasteiger partial charge in [-0.05, 0) is 40.8 Å². The maximum Gasteiger partial charge on any atom is 0.333 e. The smallest absolute Gasteiger partial charge is 0.333 e. The van der Waals surface area contributed by atoms with Crippen molar-refractivity contribution in [1.29, 1.82) is 0 Å². The zero-order valence-electron chi connectivity index (χ0n) is 24.2. The van der Waals surface area contributed by atoms with E-state index in [1.165, 1.54) is 44.1 Å². The van der Waals surface area contributed by atoms with E-state index in [1.54, 1.807) is 26.8 Å². The number of phenolic OH excluding ortho intramolecular Hbond substituents is 4. The summed E-state index contributed by atoms with van der Waals surface area (Å²) in [7, 11) is 4.16. The summed E-state index contributed by atoms with van der Waals surface area (Å²) in [5.74, 6) is -3.62. The summed E-state index contributed by atoms with van der Waals surface area (Å²) in [5, 5.41) is 45.0. The van der Waals surface area contributed by atoms with Crippen LogP contribution in [-0.4, -0.2) is 81.8 Å². The van der Waals surface area contributed by atoms with Gasteiger partial charge in [-0.25, -0.2) is 4.79 Å². The summed E-state index contributed by atoms with van der Waals surface area (Å²) in [6, 6.07) is -3.61.